The Kier molecular flexibility index (Phi) is 3.93. The number of hydrogen-bond donors (Lipinski definition) is 2. The first-order valence-corrected chi connectivity index (χ1v) is 6.10. The van der Waals surface area contributed by atoms with E-state index < -0.39 is 0 Å². The van der Waals surface area contributed by atoms with Crippen molar-refractivity contribution in [3.8, 4) is 0 Å². The summed E-state index contributed by atoms with van der Waals surface area (Å²) in [5, 5.41) is 5.94. The average molecular weight is 249 g/mol. The van der Waals surface area contributed by atoms with Crippen molar-refractivity contribution in [3.63, 3.8) is 0 Å². The van der Waals surface area contributed by atoms with Crippen molar-refractivity contribution in [2.24, 2.45) is 0 Å². The Balaban J connectivity index is 1.69. The van der Waals surface area contributed by atoms with Crippen LogP contribution < -0.4 is 10.6 Å². The van der Waals surface area contributed by atoms with E-state index >= 15 is 0 Å². The SMILES string of the molecule is Cc1ccc(CNC(=O)COC2(C)CNC2)cn1. The van der Waals surface area contributed by atoms with Gasteiger partial charge in [0.1, 0.15) is 6.61 Å². The first-order valence-electron chi connectivity index (χ1n) is 6.10. The van der Waals surface area contributed by atoms with Crippen LogP contribution in [0, 0.1) is 6.92 Å². The lowest BCUT2D eigenvalue weighted by atomic mass is 10.0. The van der Waals surface area contributed by atoms with Crippen molar-refractivity contribution in [2.75, 3.05) is 19.7 Å². The molecule has 1 amide bonds. The largest absolute Gasteiger partial charge is 0.363 e. The van der Waals surface area contributed by atoms with Crippen molar-refractivity contribution >= 4 is 5.91 Å². The van der Waals surface area contributed by atoms with Gasteiger partial charge in [-0.25, -0.2) is 0 Å². The van der Waals surface area contributed by atoms with Crippen LogP contribution in [0.4, 0.5) is 0 Å². The molecule has 5 nitrogen and oxygen atoms in total. The van der Waals surface area contributed by atoms with E-state index in [0.717, 1.165) is 24.3 Å². The van der Waals surface area contributed by atoms with E-state index in [2.05, 4.69) is 15.6 Å². The van der Waals surface area contributed by atoms with Crippen molar-refractivity contribution in [1.29, 1.82) is 0 Å². The number of aromatic nitrogens is 1. The highest BCUT2D eigenvalue weighted by Gasteiger charge is 2.32. The zero-order chi connectivity index (χ0) is 13.0. The molecule has 0 saturated carbocycles. The minimum absolute atomic E-state index is 0.0938. The zero-order valence-electron chi connectivity index (χ0n) is 10.8. The molecule has 0 aliphatic carbocycles. The van der Waals surface area contributed by atoms with E-state index in [1.165, 1.54) is 0 Å². The second kappa shape index (κ2) is 5.46. The highest BCUT2D eigenvalue weighted by molar-refractivity contribution is 5.77. The van der Waals surface area contributed by atoms with Gasteiger partial charge in [-0.05, 0) is 25.5 Å². The Morgan fingerprint density at radius 1 is 1.56 bits per heavy atom. The molecular weight excluding hydrogens is 230 g/mol. The second-order valence-electron chi connectivity index (χ2n) is 4.93. The van der Waals surface area contributed by atoms with E-state index in [4.69, 9.17) is 4.74 Å². The maximum atomic E-state index is 11.6. The molecule has 1 aromatic rings. The average Bonchev–Trinajstić information content (AvgIpc) is 2.33. The molecule has 1 saturated heterocycles. The standard InChI is InChI=1S/C13H19N3O2/c1-10-3-4-11(5-15-10)6-16-12(17)7-18-13(2)8-14-9-13/h3-5,14H,6-9H2,1-2H3,(H,16,17). The Labute approximate surface area is 107 Å². The number of hydrogen-bond acceptors (Lipinski definition) is 4. The van der Waals surface area contributed by atoms with E-state index in [-0.39, 0.29) is 18.1 Å². The summed E-state index contributed by atoms with van der Waals surface area (Å²) >= 11 is 0. The van der Waals surface area contributed by atoms with E-state index in [9.17, 15) is 4.79 Å². The summed E-state index contributed by atoms with van der Waals surface area (Å²) in [6, 6.07) is 3.89. The Bertz CT molecular complexity index is 413. The first kappa shape index (κ1) is 13.0. The number of pyridine rings is 1. The predicted octanol–water partition coefficient (Wildman–Crippen LogP) is 0.385. The number of nitrogens with one attached hydrogen (secondary N) is 2. The van der Waals surface area contributed by atoms with Crippen LogP contribution in [0.2, 0.25) is 0 Å². The molecule has 0 bridgehead atoms. The van der Waals surface area contributed by atoms with Crippen LogP contribution in [0.15, 0.2) is 18.3 Å². The highest BCUT2D eigenvalue weighted by atomic mass is 16.5. The molecule has 98 valence electrons. The Morgan fingerprint density at radius 2 is 2.33 bits per heavy atom. The first-order chi connectivity index (χ1) is 8.57. The van der Waals surface area contributed by atoms with Gasteiger partial charge in [0.05, 0.1) is 5.60 Å². The van der Waals surface area contributed by atoms with Gasteiger partial charge < -0.3 is 15.4 Å². The smallest absolute Gasteiger partial charge is 0.246 e. The quantitative estimate of drug-likeness (QED) is 0.792. The minimum Gasteiger partial charge on any atom is -0.363 e. The van der Waals surface area contributed by atoms with E-state index in [0.29, 0.717) is 6.54 Å². The maximum Gasteiger partial charge on any atom is 0.246 e. The van der Waals surface area contributed by atoms with Gasteiger partial charge in [0.15, 0.2) is 0 Å². The van der Waals surface area contributed by atoms with Crippen LogP contribution in [0.5, 0.6) is 0 Å². The maximum absolute atomic E-state index is 11.6. The molecule has 1 aromatic heterocycles. The normalized spacial score (nSPS) is 17.0. The monoisotopic (exact) mass is 249 g/mol. The molecular formula is C13H19N3O2. The third kappa shape index (κ3) is 3.51. The lowest BCUT2D eigenvalue weighted by molar-refractivity contribution is -0.136. The van der Waals surface area contributed by atoms with E-state index in [1.807, 2.05) is 26.0 Å². The van der Waals surface area contributed by atoms with Crippen molar-refractivity contribution in [2.45, 2.75) is 26.0 Å². The molecule has 18 heavy (non-hydrogen) atoms. The number of nitrogens with zero attached hydrogens (tertiary/aromatic N) is 1. The summed E-state index contributed by atoms with van der Waals surface area (Å²) in [6.07, 6.45) is 1.77. The van der Waals surface area contributed by atoms with Crippen LogP contribution in [0.3, 0.4) is 0 Å². The lowest BCUT2D eigenvalue weighted by Gasteiger charge is -2.38. The Morgan fingerprint density at radius 3 is 2.89 bits per heavy atom. The molecule has 0 radical (unpaired) electrons. The molecule has 2 rings (SSSR count). The summed E-state index contributed by atoms with van der Waals surface area (Å²) in [7, 11) is 0. The minimum atomic E-state index is -0.178. The van der Waals surface area contributed by atoms with Gasteiger partial charge in [0.25, 0.3) is 0 Å². The van der Waals surface area contributed by atoms with Crippen LogP contribution in [0.25, 0.3) is 0 Å². The summed E-state index contributed by atoms with van der Waals surface area (Å²) < 4.78 is 5.54. The van der Waals surface area contributed by atoms with Crippen LogP contribution in [-0.2, 0) is 16.1 Å². The van der Waals surface area contributed by atoms with Crippen LogP contribution in [-0.4, -0.2) is 36.2 Å². The van der Waals surface area contributed by atoms with Gasteiger partial charge in [-0.2, -0.15) is 0 Å². The number of amides is 1. The van der Waals surface area contributed by atoms with Gasteiger partial charge in [-0.15, -0.1) is 0 Å². The number of ether oxygens (including phenoxy) is 1. The Hall–Kier alpha value is -1.46. The second-order valence-corrected chi connectivity index (χ2v) is 4.93. The molecule has 0 unspecified atom stereocenters. The topological polar surface area (TPSA) is 63.2 Å². The molecule has 0 atom stereocenters. The van der Waals surface area contributed by atoms with Crippen molar-refractivity contribution in [1.82, 2.24) is 15.6 Å². The zero-order valence-corrected chi connectivity index (χ0v) is 10.8. The summed E-state index contributed by atoms with van der Waals surface area (Å²) in [5.41, 5.74) is 1.78. The fraction of sp³-hybridized carbons (Fsp3) is 0.538. The predicted molar refractivity (Wildman–Crippen MR) is 68.0 cm³/mol. The van der Waals surface area contributed by atoms with Gasteiger partial charge >= 0.3 is 0 Å². The summed E-state index contributed by atoms with van der Waals surface area (Å²) in [6.45, 7) is 6.15. The third-order valence-corrected chi connectivity index (χ3v) is 3.01. The molecule has 1 fully saturated rings. The van der Waals surface area contributed by atoms with Crippen LogP contribution in [0.1, 0.15) is 18.2 Å². The lowest BCUT2D eigenvalue weighted by Crippen LogP contribution is -2.59. The van der Waals surface area contributed by atoms with Crippen molar-refractivity contribution < 1.29 is 9.53 Å². The molecule has 1 aliphatic heterocycles. The molecule has 1 aliphatic rings. The van der Waals surface area contributed by atoms with Gasteiger partial charge in [-0.1, -0.05) is 6.07 Å². The number of aryl methyl sites for hydroxylation is 1. The van der Waals surface area contributed by atoms with Gasteiger partial charge in [0, 0.05) is 31.5 Å². The molecule has 0 spiro atoms. The summed E-state index contributed by atoms with van der Waals surface area (Å²) in [5.74, 6) is -0.0938. The van der Waals surface area contributed by atoms with E-state index in [1.54, 1.807) is 6.20 Å². The molecule has 5 heteroatoms. The summed E-state index contributed by atoms with van der Waals surface area (Å²) in [4.78, 5) is 15.8. The fourth-order valence-electron chi connectivity index (χ4n) is 1.67. The molecule has 2 heterocycles. The number of rotatable bonds is 5. The third-order valence-electron chi connectivity index (χ3n) is 3.01. The fourth-order valence-corrected chi connectivity index (χ4v) is 1.67. The highest BCUT2D eigenvalue weighted by Crippen LogP contribution is 2.14. The molecule has 0 aromatic carbocycles. The van der Waals surface area contributed by atoms with Gasteiger partial charge in [-0.3, -0.25) is 9.78 Å². The number of carbonyl (C=O) groups excluding carboxylic acids is 1. The number of carbonyl (C=O) groups is 1. The van der Waals surface area contributed by atoms with Gasteiger partial charge in [0.2, 0.25) is 5.91 Å². The van der Waals surface area contributed by atoms with Crippen LogP contribution >= 0.6 is 0 Å². The van der Waals surface area contributed by atoms with Crippen molar-refractivity contribution in [3.05, 3.63) is 29.6 Å². The molecule has 2 N–H and O–H groups in total.